The Labute approximate surface area is 69.0 Å². The quantitative estimate of drug-likeness (QED) is 0.755. The Morgan fingerprint density at radius 2 is 2.70 bits per heavy atom. The van der Waals surface area contributed by atoms with E-state index in [1.165, 1.54) is 11.5 Å². The van der Waals surface area contributed by atoms with Gasteiger partial charge in [0.2, 0.25) is 0 Å². The normalized spacial score (nSPS) is 13.4. The predicted octanol–water partition coefficient (Wildman–Crippen LogP) is 1.51. The zero-order chi connectivity index (χ0) is 7.40. The van der Waals surface area contributed by atoms with E-state index >= 15 is 0 Å². The van der Waals surface area contributed by atoms with Crippen molar-refractivity contribution in [3.05, 3.63) is 17.1 Å². The lowest BCUT2D eigenvalue weighted by molar-refractivity contribution is 0.809. The summed E-state index contributed by atoms with van der Waals surface area (Å²) >= 11 is 3.20. The van der Waals surface area contributed by atoms with E-state index in [4.69, 9.17) is 5.73 Å². The number of nitrogens with two attached hydrogens (primary N) is 1. The van der Waals surface area contributed by atoms with Gasteiger partial charge in [0.1, 0.15) is 0 Å². The predicted molar refractivity (Wildman–Crippen MR) is 47.4 cm³/mol. The van der Waals surface area contributed by atoms with Gasteiger partial charge in [-0.3, -0.25) is 0 Å². The minimum atomic E-state index is 0.112. The number of rotatable bonds is 3. The highest BCUT2D eigenvalue weighted by molar-refractivity contribution is 7.98. The van der Waals surface area contributed by atoms with Crippen LogP contribution in [0.1, 0.15) is 11.7 Å². The van der Waals surface area contributed by atoms with Crippen LogP contribution in [-0.4, -0.2) is 16.4 Å². The fourth-order valence-corrected chi connectivity index (χ4v) is 1.79. The third-order valence-electron chi connectivity index (χ3n) is 1.18. The molecule has 0 saturated carbocycles. The van der Waals surface area contributed by atoms with Gasteiger partial charge in [0.25, 0.3) is 0 Å². The van der Waals surface area contributed by atoms with Gasteiger partial charge >= 0.3 is 0 Å². The molecule has 1 rings (SSSR count). The van der Waals surface area contributed by atoms with Crippen molar-refractivity contribution in [2.45, 2.75) is 6.04 Å². The van der Waals surface area contributed by atoms with E-state index in [1.54, 1.807) is 11.8 Å². The molecule has 0 aliphatic carbocycles. The summed E-state index contributed by atoms with van der Waals surface area (Å²) in [5.41, 5.74) is 6.79. The first-order valence-corrected chi connectivity index (χ1v) is 5.22. The molecule has 0 radical (unpaired) electrons. The summed E-state index contributed by atoms with van der Waals surface area (Å²) in [5.74, 6) is 0.948. The fourth-order valence-electron chi connectivity index (χ4n) is 0.678. The van der Waals surface area contributed by atoms with Crippen LogP contribution in [0, 0.1) is 0 Å². The second-order valence-corrected chi connectivity index (χ2v) is 3.56. The van der Waals surface area contributed by atoms with Crippen LogP contribution in [-0.2, 0) is 0 Å². The van der Waals surface area contributed by atoms with E-state index in [2.05, 4.69) is 4.37 Å². The molecule has 0 spiro atoms. The highest BCUT2D eigenvalue weighted by Crippen LogP contribution is 2.12. The molecule has 1 atom stereocenters. The van der Waals surface area contributed by atoms with Crippen molar-refractivity contribution in [3.8, 4) is 0 Å². The minimum Gasteiger partial charge on any atom is -0.322 e. The zero-order valence-corrected chi connectivity index (χ0v) is 7.41. The Bertz CT molecular complexity index is 174. The van der Waals surface area contributed by atoms with E-state index in [1.807, 2.05) is 17.7 Å². The minimum absolute atomic E-state index is 0.112. The van der Waals surface area contributed by atoms with Gasteiger partial charge in [-0.05, 0) is 23.9 Å². The van der Waals surface area contributed by atoms with Crippen LogP contribution >= 0.6 is 23.3 Å². The molecule has 1 unspecified atom stereocenters. The Balaban J connectivity index is 2.50. The smallest absolute Gasteiger partial charge is 0.0717 e. The van der Waals surface area contributed by atoms with Gasteiger partial charge in [0, 0.05) is 11.1 Å². The van der Waals surface area contributed by atoms with E-state index in [-0.39, 0.29) is 6.04 Å². The van der Waals surface area contributed by atoms with Gasteiger partial charge in [-0.2, -0.15) is 16.1 Å². The maximum absolute atomic E-state index is 5.77. The van der Waals surface area contributed by atoms with Gasteiger partial charge in [0.05, 0.1) is 11.7 Å². The second kappa shape index (κ2) is 3.95. The maximum atomic E-state index is 5.77. The fraction of sp³-hybridized carbons (Fsp3) is 0.500. The van der Waals surface area contributed by atoms with Crippen molar-refractivity contribution >= 4 is 23.3 Å². The number of hydrogen-bond acceptors (Lipinski definition) is 4. The molecule has 0 aliphatic rings. The molecule has 0 amide bonds. The topological polar surface area (TPSA) is 38.9 Å². The van der Waals surface area contributed by atoms with Crippen molar-refractivity contribution < 1.29 is 0 Å². The molecule has 0 aliphatic heterocycles. The van der Waals surface area contributed by atoms with Crippen LogP contribution in [0.3, 0.4) is 0 Å². The third-order valence-corrected chi connectivity index (χ3v) is 2.45. The summed E-state index contributed by atoms with van der Waals surface area (Å²) in [5, 5.41) is 1.95. The molecule has 56 valence electrons. The lowest BCUT2D eigenvalue weighted by atomic mass is 10.3. The standard InChI is InChI=1S/C6H10N2S2/c1-9-4-5(7)6-2-3-10-8-6/h2-3,5H,4,7H2,1H3. The van der Waals surface area contributed by atoms with Crippen LogP contribution in [0.25, 0.3) is 0 Å². The second-order valence-electron chi connectivity index (χ2n) is 1.99. The van der Waals surface area contributed by atoms with Gasteiger partial charge in [-0.15, -0.1) is 0 Å². The molecular weight excluding hydrogens is 164 g/mol. The highest BCUT2D eigenvalue weighted by Gasteiger charge is 2.05. The Kier molecular flexibility index (Phi) is 3.18. The molecule has 2 N–H and O–H groups in total. The molecule has 1 heterocycles. The molecule has 2 nitrogen and oxygen atoms in total. The number of hydrogen-bond donors (Lipinski definition) is 1. The van der Waals surface area contributed by atoms with Crippen molar-refractivity contribution in [1.29, 1.82) is 0 Å². The average Bonchev–Trinajstić information content (AvgIpc) is 2.38. The largest absolute Gasteiger partial charge is 0.322 e. The number of thioether (sulfide) groups is 1. The first-order chi connectivity index (χ1) is 4.84. The molecule has 10 heavy (non-hydrogen) atoms. The molecule has 1 aromatic rings. The maximum Gasteiger partial charge on any atom is 0.0717 e. The van der Waals surface area contributed by atoms with Crippen LogP contribution in [0.5, 0.6) is 0 Å². The van der Waals surface area contributed by atoms with Crippen LogP contribution < -0.4 is 5.73 Å². The number of nitrogens with zero attached hydrogens (tertiary/aromatic N) is 1. The summed E-state index contributed by atoms with van der Waals surface area (Å²) in [7, 11) is 0. The van der Waals surface area contributed by atoms with E-state index in [9.17, 15) is 0 Å². The lowest BCUT2D eigenvalue weighted by Gasteiger charge is -2.04. The van der Waals surface area contributed by atoms with Gasteiger partial charge in [-0.1, -0.05) is 0 Å². The summed E-state index contributed by atoms with van der Waals surface area (Å²) in [4.78, 5) is 0. The third kappa shape index (κ3) is 1.97. The molecule has 0 bridgehead atoms. The van der Waals surface area contributed by atoms with Crippen molar-refractivity contribution in [3.63, 3.8) is 0 Å². The molecule has 0 saturated heterocycles. The van der Waals surface area contributed by atoms with Crippen LogP contribution in [0.15, 0.2) is 11.4 Å². The first-order valence-electron chi connectivity index (χ1n) is 2.99. The Morgan fingerprint density at radius 1 is 1.90 bits per heavy atom. The molecular formula is C6H10N2S2. The first kappa shape index (κ1) is 8.04. The van der Waals surface area contributed by atoms with Crippen molar-refractivity contribution in [1.82, 2.24) is 4.37 Å². The summed E-state index contributed by atoms with van der Waals surface area (Å²) in [6, 6.07) is 2.09. The van der Waals surface area contributed by atoms with Gasteiger partial charge in [0.15, 0.2) is 0 Å². The van der Waals surface area contributed by atoms with E-state index < -0.39 is 0 Å². The summed E-state index contributed by atoms with van der Waals surface area (Å²) in [6.07, 6.45) is 2.05. The van der Waals surface area contributed by atoms with Crippen molar-refractivity contribution in [2.75, 3.05) is 12.0 Å². The summed E-state index contributed by atoms with van der Waals surface area (Å²) < 4.78 is 4.14. The molecule has 0 fully saturated rings. The number of aromatic nitrogens is 1. The lowest BCUT2D eigenvalue weighted by Crippen LogP contribution is -2.12. The Morgan fingerprint density at radius 3 is 3.20 bits per heavy atom. The zero-order valence-electron chi connectivity index (χ0n) is 5.78. The SMILES string of the molecule is CSCC(N)c1ccsn1. The van der Waals surface area contributed by atoms with Gasteiger partial charge in [-0.25, -0.2) is 0 Å². The van der Waals surface area contributed by atoms with Crippen LogP contribution in [0.2, 0.25) is 0 Å². The highest BCUT2D eigenvalue weighted by atomic mass is 32.2. The molecule has 4 heteroatoms. The van der Waals surface area contributed by atoms with Crippen LogP contribution in [0.4, 0.5) is 0 Å². The molecule has 0 aromatic carbocycles. The van der Waals surface area contributed by atoms with Gasteiger partial charge < -0.3 is 5.73 Å². The Hall–Kier alpha value is -0.0600. The molecule has 1 aromatic heterocycles. The van der Waals surface area contributed by atoms with Crippen molar-refractivity contribution in [2.24, 2.45) is 5.73 Å². The average molecular weight is 174 g/mol. The van der Waals surface area contributed by atoms with E-state index in [0.29, 0.717) is 0 Å². The monoisotopic (exact) mass is 174 g/mol. The summed E-state index contributed by atoms with van der Waals surface area (Å²) in [6.45, 7) is 0. The van der Waals surface area contributed by atoms with E-state index in [0.717, 1.165) is 11.4 Å².